The molecule has 0 atom stereocenters. The highest BCUT2D eigenvalue weighted by molar-refractivity contribution is 5.93. The second-order valence-electron chi connectivity index (χ2n) is 4.47. The number of rotatable bonds is 2. The van der Waals surface area contributed by atoms with Crippen LogP contribution in [0.5, 0.6) is 0 Å². The Bertz CT molecular complexity index is 652. The van der Waals surface area contributed by atoms with Crippen molar-refractivity contribution >= 4 is 23.1 Å². The van der Waals surface area contributed by atoms with Crippen LogP contribution in [0.4, 0.5) is 0 Å². The minimum Gasteiger partial charge on any atom is -0.258 e. The van der Waals surface area contributed by atoms with Gasteiger partial charge in [0.05, 0.1) is 5.52 Å². The molecule has 0 aliphatic carbocycles. The van der Waals surface area contributed by atoms with Gasteiger partial charge in [-0.05, 0) is 39.3 Å². The zero-order valence-corrected chi connectivity index (χ0v) is 11.4. The molecule has 0 saturated heterocycles. The highest BCUT2D eigenvalue weighted by Gasteiger charge is 2.11. The fourth-order valence-corrected chi connectivity index (χ4v) is 2.40. The molecule has 0 saturated carbocycles. The number of hydrogen-bond donors (Lipinski definition) is 0. The number of pyridine rings is 2. The largest absolute Gasteiger partial charge is 0.258 e. The molecule has 0 unspecified atom stereocenters. The SMILES string of the molecule is C=Cc1c(C)nc2cc(C)nc(C)c2c1/C=C\C. The van der Waals surface area contributed by atoms with E-state index in [0.29, 0.717) is 0 Å². The molecular weight excluding hydrogens is 220 g/mol. The molecule has 0 aliphatic rings. The molecule has 0 fully saturated rings. The van der Waals surface area contributed by atoms with E-state index in [4.69, 9.17) is 0 Å². The van der Waals surface area contributed by atoms with Crippen LogP contribution in [0.1, 0.15) is 35.1 Å². The zero-order valence-electron chi connectivity index (χ0n) is 11.4. The van der Waals surface area contributed by atoms with Crippen LogP contribution in [0, 0.1) is 20.8 Å². The van der Waals surface area contributed by atoms with Gasteiger partial charge < -0.3 is 0 Å². The highest BCUT2D eigenvalue weighted by atomic mass is 14.8. The van der Waals surface area contributed by atoms with Crippen LogP contribution >= 0.6 is 0 Å². The van der Waals surface area contributed by atoms with Crippen LogP contribution < -0.4 is 0 Å². The van der Waals surface area contributed by atoms with Gasteiger partial charge in [0.1, 0.15) is 0 Å². The van der Waals surface area contributed by atoms with Crippen molar-refractivity contribution in [3.63, 3.8) is 0 Å². The zero-order chi connectivity index (χ0) is 13.3. The number of fused-ring (bicyclic) bond motifs is 1. The summed E-state index contributed by atoms with van der Waals surface area (Å²) in [6.07, 6.45) is 6.02. The lowest BCUT2D eigenvalue weighted by molar-refractivity contribution is 1.13. The van der Waals surface area contributed by atoms with Crippen molar-refractivity contribution in [1.29, 1.82) is 0 Å². The minimum absolute atomic E-state index is 1.00. The Hall–Kier alpha value is -1.96. The molecule has 92 valence electrons. The van der Waals surface area contributed by atoms with Crippen LogP contribution in [0.25, 0.3) is 23.1 Å². The summed E-state index contributed by atoms with van der Waals surface area (Å²) in [4.78, 5) is 9.21. The van der Waals surface area contributed by atoms with Gasteiger partial charge in [-0.25, -0.2) is 0 Å². The number of nitrogens with zero attached hydrogens (tertiary/aromatic N) is 2. The molecule has 18 heavy (non-hydrogen) atoms. The van der Waals surface area contributed by atoms with E-state index in [2.05, 4.69) is 22.6 Å². The Morgan fingerprint density at radius 2 is 1.78 bits per heavy atom. The van der Waals surface area contributed by atoms with E-state index in [1.165, 1.54) is 5.56 Å². The molecule has 2 nitrogen and oxygen atoms in total. The van der Waals surface area contributed by atoms with Gasteiger partial charge in [-0.2, -0.15) is 0 Å². The fraction of sp³-hybridized carbons (Fsp3) is 0.250. The number of aryl methyl sites for hydroxylation is 3. The lowest BCUT2D eigenvalue weighted by atomic mass is 9.99. The van der Waals surface area contributed by atoms with Crippen molar-refractivity contribution in [1.82, 2.24) is 9.97 Å². The number of aromatic nitrogens is 2. The number of hydrogen-bond acceptors (Lipinski definition) is 2. The first-order valence-corrected chi connectivity index (χ1v) is 6.12. The van der Waals surface area contributed by atoms with Gasteiger partial charge in [0.25, 0.3) is 0 Å². The first-order valence-electron chi connectivity index (χ1n) is 6.12. The average Bonchev–Trinajstić information content (AvgIpc) is 2.28. The van der Waals surface area contributed by atoms with Crippen LogP contribution in [0.15, 0.2) is 18.7 Å². The van der Waals surface area contributed by atoms with E-state index >= 15 is 0 Å². The molecule has 0 aliphatic heterocycles. The Morgan fingerprint density at radius 3 is 2.39 bits per heavy atom. The second kappa shape index (κ2) is 4.73. The predicted octanol–water partition coefficient (Wildman–Crippen LogP) is 4.23. The average molecular weight is 238 g/mol. The summed E-state index contributed by atoms with van der Waals surface area (Å²) >= 11 is 0. The molecule has 2 rings (SSSR count). The highest BCUT2D eigenvalue weighted by Crippen LogP contribution is 2.27. The third-order valence-electron chi connectivity index (χ3n) is 3.08. The van der Waals surface area contributed by atoms with Gasteiger partial charge in [-0.1, -0.05) is 24.8 Å². The Labute approximate surface area is 108 Å². The van der Waals surface area contributed by atoms with Crippen molar-refractivity contribution in [3.8, 4) is 0 Å². The van der Waals surface area contributed by atoms with Gasteiger partial charge >= 0.3 is 0 Å². The molecule has 2 aromatic heterocycles. The maximum Gasteiger partial charge on any atom is 0.0747 e. The van der Waals surface area contributed by atoms with E-state index in [1.807, 2.05) is 45.9 Å². The second-order valence-corrected chi connectivity index (χ2v) is 4.47. The van der Waals surface area contributed by atoms with E-state index in [-0.39, 0.29) is 0 Å². The summed E-state index contributed by atoms with van der Waals surface area (Å²) in [5, 5.41) is 1.12. The molecule has 0 spiro atoms. The molecule has 0 amide bonds. The van der Waals surface area contributed by atoms with Crippen LogP contribution in [0.3, 0.4) is 0 Å². The Kier molecular flexibility index (Phi) is 3.28. The van der Waals surface area contributed by atoms with Gasteiger partial charge in [0.2, 0.25) is 0 Å². The molecular formula is C16H18N2. The van der Waals surface area contributed by atoms with Gasteiger partial charge in [0.15, 0.2) is 0 Å². The van der Waals surface area contributed by atoms with Gasteiger partial charge in [-0.3, -0.25) is 9.97 Å². The summed E-state index contributed by atoms with van der Waals surface area (Å²) in [6.45, 7) is 12.0. The monoisotopic (exact) mass is 238 g/mol. The molecule has 0 bridgehead atoms. The van der Waals surface area contributed by atoms with Crippen LogP contribution in [0.2, 0.25) is 0 Å². The first kappa shape index (κ1) is 12.5. The lowest BCUT2D eigenvalue weighted by Gasteiger charge is -2.12. The van der Waals surface area contributed by atoms with E-state index in [0.717, 1.165) is 33.5 Å². The van der Waals surface area contributed by atoms with E-state index in [1.54, 1.807) is 0 Å². The summed E-state index contributed by atoms with van der Waals surface area (Å²) in [6, 6.07) is 2.04. The topological polar surface area (TPSA) is 25.8 Å². The molecule has 0 N–H and O–H groups in total. The molecule has 2 heteroatoms. The van der Waals surface area contributed by atoms with Crippen molar-refractivity contribution in [2.24, 2.45) is 0 Å². The third kappa shape index (κ3) is 1.94. The Balaban J connectivity index is 3.01. The summed E-state index contributed by atoms with van der Waals surface area (Å²) in [5.74, 6) is 0. The van der Waals surface area contributed by atoms with Crippen molar-refractivity contribution < 1.29 is 0 Å². The van der Waals surface area contributed by atoms with Gasteiger partial charge in [-0.15, -0.1) is 0 Å². The molecule has 2 aromatic rings. The van der Waals surface area contributed by atoms with E-state index in [9.17, 15) is 0 Å². The maximum absolute atomic E-state index is 4.67. The normalized spacial score (nSPS) is 11.3. The number of allylic oxidation sites excluding steroid dienone is 1. The Morgan fingerprint density at radius 1 is 1.06 bits per heavy atom. The fourth-order valence-electron chi connectivity index (χ4n) is 2.40. The first-order chi connectivity index (χ1) is 8.58. The smallest absolute Gasteiger partial charge is 0.0747 e. The third-order valence-corrected chi connectivity index (χ3v) is 3.08. The van der Waals surface area contributed by atoms with Crippen molar-refractivity contribution in [2.75, 3.05) is 0 Å². The quantitative estimate of drug-likeness (QED) is 0.782. The molecule has 0 aromatic carbocycles. The van der Waals surface area contributed by atoms with Crippen molar-refractivity contribution in [3.05, 3.63) is 46.9 Å². The minimum atomic E-state index is 1.00. The van der Waals surface area contributed by atoms with Crippen LogP contribution in [-0.4, -0.2) is 9.97 Å². The van der Waals surface area contributed by atoms with E-state index < -0.39 is 0 Å². The molecule has 2 heterocycles. The summed E-state index contributed by atoms with van der Waals surface area (Å²) in [7, 11) is 0. The summed E-state index contributed by atoms with van der Waals surface area (Å²) < 4.78 is 0. The molecule has 0 radical (unpaired) electrons. The summed E-state index contributed by atoms with van der Waals surface area (Å²) in [5.41, 5.74) is 6.31. The van der Waals surface area contributed by atoms with Crippen LogP contribution in [-0.2, 0) is 0 Å². The predicted molar refractivity (Wildman–Crippen MR) is 78.5 cm³/mol. The van der Waals surface area contributed by atoms with Gasteiger partial charge in [0, 0.05) is 28.0 Å². The lowest BCUT2D eigenvalue weighted by Crippen LogP contribution is -1.98. The standard InChI is InChI=1S/C16H18N2/c1-6-8-14-13(7-2)11(4)18-15-9-10(3)17-12(5)16(14)15/h6-9H,2H2,1,3-5H3/b8-6-. The maximum atomic E-state index is 4.67. The van der Waals surface area contributed by atoms with Crippen molar-refractivity contribution in [2.45, 2.75) is 27.7 Å².